The van der Waals surface area contributed by atoms with Crippen molar-refractivity contribution in [1.82, 2.24) is 5.32 Å². The summed E-state index contributed by atoms with van der Waals surface area (Å²) in [5, 5.41) is 4.03. The molecule has 84 valence electrons. The lowest BCUT2D eigenvalue weighted by atomic mass is 10.2. The van der Waals surface area contributed by atoms with Crippen molar-refractivity contribution >= 4 is 11.6 Å². The number of nitrogens with one attached hydrogen (secondary N) is 1. The van der Waals surface area contributed by atoms with Crippen LogP contribution in [0.1, 0.15) is 19.4 Å². The summed E-state index contributed by atoms with van der Waals surface area (Å²) in [5.74, 6) is 1.39. The summed E-state index contributed by atoms with van der Waals surface area (Å²) < 4.78 is 5.09. The molecule has 0 heterocycles. The van der Waals surface area contributed by atoms with Gasteiger partial charge in [0.05, 0.1) is 12.1 Å². The maximum atomic E-state index is 6.02. The molecule has 0 spiro atoms. The van der Waals surface area contributed by atoms with Crippen LogP contribution in [0.25, 0.3) is 0 Å². The molecule has 0 atom stereocenters. The van der Waals surface area contributed by atoms with Crippen LogP contribution in [0, 0.1) is 5.92 Å². The van der Waals surface area contributed by atoms with Crippen LogP contribution >= 0.6 is 11.6 Å². The van der Waals surface area contributed by atoms with Gasteiger partial charge in [-0.05, 0) is 30.2 Å². The molecule has 0 radical (unpaired) electrons. The van der Waals surface area contributed by atoms with Crippen molar-refractivity contribution in [3.8, 4) is 5.75 Å². The van der Waals surface area contributed by atoms with Crippen molar-refractivity contribution in [2.24, 2.45) is 5.92 Å². The number of benzene rings is 1. The lowest BCUT2D eigenvalue weighted by molar-refractivity contribution is 0.415. The first-order valence-electron chi connectivity index (χ1n) is 5.16. The number of rotatable bonds is 5. The first-order chi connectivity index (χ1) is 7.13. The molecule has 0 amide bonds. The minimum absolute atomic E-state index is 0.665. The monoisotopic (exact) mass is 227 g/mol. The summed E-state index contributed by atoms with van der Waals surface area (Å²) in [5.41, 5.74) is 1.18. The van der Waals surface area contributed by atoms with Gasteiger partial charge in [-0.25, -0.2) is 0 Å². The summed E-state index contributed by atoms with van der Waals surface area (Å²) in [4.78, 5) is 0. The molecule has 0 aliphatic carbocycles. The van der Waals surface area contributed by atoms with E-state index in [0.29, 0.717) is 10.9 Å². The van der Waals surface area contributed by atoms with Gasteiger partial charge in [0.15, 0.2) is 0 Å². The smallest absolute Gasteiger partial charge is 0.137 e. The van der Waals surface area contributed by atoms with E-state index in [4.69, 9.17) is 16.3 Å². The molecule has 1 aromatic rings. The first kappa shape index (κ1) is 12.3. The third-order valence-corrected chi connectivity index (χ3v) is 2.39. The van der Waals surface area contributed by atoms with E-state index in [0.717, 1.165) is 18.8 Å². The third-order valence-electron chi connectivity index (χ3n) is 2.10. The Morgan fingerprint density at radius 3 is 2.67 bits per heavy atom. The van der Waals surface area contributed by atoms with Gasteiger partial charge in [0.1, 0.15) is 5.75 Å². The largest absolute Gasteiger partial charge is 0.495 e. The van der Waals surface area contributed by atoms with Gasteiger partial charge in [-0.15, -0.1) is 0 Å². The number of methoxy groups -OCH3 is 1. The van der Waals surface area contributed by atoms with Gasteiger partial charge in [0.2, 0.25) is 0 Å². The SMILES string of the molecule is COc1ccc(CNCC(C)C)cc1Cl. The van der Waals surface area contributed by atoms with Crippen LogP contribution in [-0.2, 0) is 6.54 Å². The molecule has 3 heteroatoms. The lowest BCUT2D eigenvalue weighted by Crippen LogP contribution is -2.18. The quantitative estimate of drug-likeness (QED) is 0.835. The first-order valence-corrected chi connectivity index (χ1v) is 5.54. The molecule has 0 saturated heterocycles. The molecule has 1 N–H and O–H groups in total. The third kappa shape index (κ3) is 4.10. The number of ether oxygens (including phenoxy) is 1. The van der Waals surface area contributed by atoms with Gasteiger partial charge < -0.3 is 10.1 Å². The molecule has 2 nitrogen and oxygen atoms in total. The Morgan fingerprint density at radius 1 is 1.40 bits per heavy atom. The van der Waals surface area contributed by atoms with Crippen LogP contribution in [-0.4, -0.2) is 13.7 Å². The summed E-state index contributed by atoms with van der Waals surface area (Å²) in [6.45, 7) is 6.24. The van der Waals surface area contributed by atoms with E-state index in [1.54, 1.807) is 7.11 Å². The second kappa shape index (κ2) is 5.99. The zero-order valence-corrected chi connectivity index (χ0v) is 10.3. The van der Waals surface area contributed by atoms with Crippen LogP contribution in [0.15, 0.2) is 18.2 Å². The standard InChI is InChI=1S/C12H18ClNO/c1-9(2)7-14-8-10-4-5-12(15-3)11(13)6-10/h4-6,9,14H,7-8H2,1-3H3. The van der Waals surface area contributed by atoms with Crippen molar-refractivity contribution in [1.29, 1.82) is 0 Å². The van der Waals surface area contributed by atoms with Crippen LogP contribution in [0.3, 0.4) is 0 Å². The molecule has 0 fully saturated rings. The van der Waals surface area contributed by atoms with Crippen LogP contribution in [0.5, 0.6) is 5.75 Å². The fourth-order valence-electron chi connectivity index (χ4n) is 1.33. The Morgan fingerprint density at radius 2 is 2.13 bits per heavy atom. The van der Waals surface area contributed by atoms with Crippen molar-refractivity contribution < 1.29 is 4.74 Å². The lowest BCUT2D eigenvalue weighted by Gasteiger charge is -2.09. The number of hydrogen-bond donors (Lipinski definition) is 1. The van der Waals surface area contributed by atoms with Gasteiger partial charge in [-0.2, -0.15) is 0 Å². The maximum absolute atomic E-state index is 6.02. The van der Waals surface area contributed by atoms with Crippen molar-refractivity contribution in [3.63, 3.8) is 0 Å². The summed E-state index contributed by atoms with van der Waals surface area (Å²) in [6, 6.07) is 5.86. The highest BCUT2D eigenvalue weighted by Gasteiger charge is 2.01. The van der Waals surface area contributed by atoms with Crippen LogP contribution < -0.4 is 10.1 Å². The van der Waals surface area contributed by atoms with Crippen molar-refractivity contribution in [3.05, 3.63) is 28.8 Å². The highest BCUT2D eigenvalue weighted by molar-refractivity contribution is 6.32. The second-order valence-electron chi connectivity index (χ2n) is 3.99. The zero-order chi connectivity index (χ0) is 11.3. The Kier molecular flexibility index (Phi) is 4.92. The fourth-order valence-corrected chi connectivity index (χ4v) is 1.61. The predicted octanol–water partition coefficient (Wildman–Crippen LogP) is 3.09. The minimum Gasteiger partial charge on any atom is -0.495 e. The van der Waals surface area contributed by atoms with E-state index in [-0.39, 0.29) is 0 Å². The molecule has 0 aliphatic rings. The molecule has 15 heavy (non-hydrogen) atoms. The van der Waals surface area contributed by atoms with Crippen LogP contribution in [0.4, 0.5) is 0 Å². The predicted molar refractivity (Wildman–Crippen MR) is 64.5 cm³/mol. The molecule has 0 bridgehead atoms. The number of hydrogen-bond acceptors (Lipinski definition) is 2. The van der Waals surface area contributed by atoms with E-state index in [2.05, 4.69) is 19.2 Å². The minimum atomic E-state index is 0.665. The van der Waals surface area contributed by atoms with Gasteiger partial charge in [-0.1, -0.05) is 31.5 Å². The molecular formula is C12H18ClNO. The van der Waals surface area contributed by atoms with Gasteiger partial charge in [-0.3, -0.25) is 0 Å². The molecule has 0 aliphatic heterocycles. The zero-order valence-electron chi connectivity index (χ0n) is 9.51. The number of halogens is 1. The Hall–Kier alpha value is -0.730. The van der Waals surface area contributed by atoms with Crippen LogP contribution in [0.2, 0.25) is 5.02 Å². The van der Waals surface area contributed by atoms with E-state index in [1.165, 1.54) is 5.56 Å². The van der Waals surface area contributed by atoms with E-state index in [1.807, 2.05) is 18.2 Å². The van der Waals surface area contributed by atoms with E-state index >= 15 is 0 Å². The molecule has 1 rings (SSSR count). The topological polar surface area (TPSA) is 21.3 Å². The maximum Gasteiger partial charge on any atom is 0.137 e. The van der Waals surface area contributed by atoms with Gasteiger partial charge in [0, 0.05) is 6.54 Å². The van der Waals surface area contributed by atoms with Gasteiger partial charge >= 0.3 is 0 Å². The van der Waals surface area contributed by atoms with Crippen molar-refractivity contribution in [2.75, 3.05) is 13.7 Å². The average Bonchev–Trinajstić information content (AvgIpc) is 2.17. The molecule has 0 unspecified atom stereocenters. The Labute approximate surface area is 96.6 Å². The highest BCUT2D eigenvalue weighted by Crippen LogP contribution is 2.24. The normalized spacial score (nSPS) is 10.7. The fraction of sp³-hybridized carbons (Fsp3) is 0.500. The summed E-state index contributed by atoms with van der Waals surface area (Å²) in [6.07, 6.45) is 0. The summed E-state index contributed by atoms with van der Waals surface area (Å²) >= 11 is 6.02. The molecule has 0 saturated carbocycles. The molecule has 0 aromatic heterocycles. The van der Waals surface area contributed by atoms with E-state index in [9.17, 15) is 0 Å². The second-order valence-corrected chi connectivity index (χ2v) is 4.40. The van der Waals surface area contributed by atoms with E-state index < -0.39 is 0 Å². The molecular weight excluding hydrogens is 210 g/mol. The van der Waals surface area contributed by atoms with Gasteiger partial charge in [0.25, 0.3) is 0 Å². The summed E-state index contributed by atoms with van der Waals surface area (Å²) in [7, 11) is 1.62. The van der Waals surface area contributed by atoms with Crippen molar-refractivity contribution in [2.45, 2.75) is 20.4 Å². The molecule has 1 aromatic carbocycles. The average molecular weight is 228 g/mol. The highest BCUT2D eigenvalue weighted by atomic mass is 35.5. The Bertz CT molecular complexity index is 312. The Balaban J connectivity index is 2.52.